The molecule has 0 saturated carbocycles. The van der Waals surface area contributed by atoms with Crippen LogP contribution < -0.4 is 19.5 Å². The second-order valence-corrected chi connectivity index (χ2v) is 4.89. The molecule has 0 radical (unpaired) electrons. The first kappa shape index (κ1) is 17.2. The fourth-order valence-electron chi connectivity index (χ4n) is 2.20. The van der Waals surface area contributed by atoms with Gasteiger partial charge in [0, 0.05) is 17.8 Å². The third-order valence-corrected chi connectivity index (χ3v) is 3.45. The van der Waals surface area contributed by atoms with Crippen LogP contribution in [-0.4, -0.2) is 27.2 Å². The Hall–Kier alpha value is -3.20. The van der Waals surface area contributed by atoms with Crippen molar-refractivity contribution in [1.82, 2.24) is 0 Å². The Morgan fingerprint density at radius 3 is 2.12 bits per heavy atom. The maximum Gasteiger partial charge on any atom is 0.259 e. The summed E-state index contributed by atoms with van der Waals surface area (Å²) in [6, 6.07) is 12.3. The predicted octanol–water partition coefficient (Wildman–Crippen LogP) is 3.03. The van der Waals surface area contributed by atoms with Crippen LogP contribution in [0.4, 0.5) is 5.69 Å². The summed E-state index contributed by atoms with van der Waals surface area (Å²) >= 11 is 0. The molecule has 1 N–H and O–H groups in total. The highest BCUT2D eigenvalue weighted by Crippen LogP contribution is 2.34. The zero-order chi connectivity index (χ0) is 17.5. The standard InChI is InChI=1S/C18H18N2O4/c1-22-15-11-17(24-3)16(23-2)10-14(15)18(21)20-13-6-4-12(5-7-13)8-9-19/h4-7,10-11H,8H2,1-3H3,(H,20,21). The molecule has 2 aromatic carbocycles. The number of anilines is 1. The lowest BCUT2D eigenvalue weighted by atomic mass is 10.1. The summed E-state index contributed by atoms with van der Waals surface area (Å²) in [4.78, 5) is 12.5. The van der Waals surface area contributed by atoms with Gasteiger partial charge in [0.1, 0.15) is 5.75 Å². The van der Waals surface area contributed by atoms with E-state index in [1.54, 1.807) is 36.4 Å². The molecule has 0 unspecified atom stereocenters. The SMILES string of the molecule is COc1cc(OC)c(C(=O)Nc2ccc(CC#N)cc2)cc1OC. The molecule has 0 aromatic heterocycles. The number of rotatable bonds is 6. The van der Waals surface area contributed by atoms with E-state index < -0.39 is 0 Å². The average molecular weight is 326 g/mol. The van der Waals surface area contributed by atoms with Crippen molar-refractivity contribution in [2.75, 3.05) is 26.6 Å². The van der Waals surface area contributed by atoms with Gasteiger partial charge in [-0.1, -0.05) is 12.1 Å². The smallest absolute Gasteiger partial charge is 0.259 e. The minimum absolute atomic E-state index is 0.330. The number of methoxy groups -OCH3 is 3. The summed E-state index contributed by atoms with van der Waals surface area (Å²) in [5.41, 5.74) is 1.84. The number of nitrogens with one attached hydrogen (secondary N) is 1. The highest BCUT2D eigenvalue weighted by Gasteiger charge is 2.17. The lowest BCUT2D eigenvalue weighted by Crippen LogP contribution is -2.13. The lowest BCUT2D eigenvalue weighted by Gasteiger charge is -2.14. The van der Waals surface area contributed by atoms with Crippen LogP contribution in [0.25, 0.3) is 0 Å². The Balaban J connectivity index is 2.27. The molecule has 2 rings (SSSR count). The van der Waals surface area contributed by atoms with Gasteiger partial charge in [-0.15, -0.1) is 0 Å². The number of amides is 1. The summed E-state index contributed by atoms with van der Waals surface area (Å²) in [6.45, 7) is 0. The van der Waals surface area contributed by atoms with E-state index in [1.807, 2.05) is 0 Å². The zero-order valence-corrected chi connectivity index (χ0v) is 13.8. The fraction of sp³-hybridized carbons (Fsp3) is 0.222. The molecule has 0 heterocycles. The normalized spacial score (nSPS) is 9.75. The van der Waals surface area contributed by atoms with Crippen molar-refractivity contribution in [3.8, 4) is 23.3 Å². The summed E-state index contributed by atoms with van der Waals surface area (Å²) in [5.74, 6) is 0.965. The number of nitrogens with zero attached hydrogens (tertiary/aromatic N) is 1. The number of nitriles is 1. The van der Waals surface area contributed by atoms with Crippen molar-refractivity contribution in [3.63, 3.8) is 0 Å². The summed E-state index contributed by atoms with van der Waals surface area (Å²) in [7, 11) is 4.49. The van der Waals surface area contributed by atoms with E-state index in [-0.39, 0.29) is 5.91 Å². The van der Waals surface area contributed by atoms with Crippen molar-refractivity contribution in [2.45, 2.75) is 6.42 Å². The summed E-state index contributed by atoms with van der Waals surface area (Å²) in [5, 5.41) is 11.5. The van der Waals surface area contributed by atoms with Gasteiger partial charge in [0.05, 0.1) is 39.4 Å². The van der Waals surface area contributed by atoms with E-state index in [0.29, 0.717) is 34.9 Å². The molecule has 0 aliphatic carbocycles. The molecule has 6 heteroatoms. The second-order valence-electron chi connectivity index (χ2n) is 4.89. The molecule has 24 heavy (non-hydrogen) atoms. The average Bonchev–Trinajstić information content (AvgIpc) is 2.62. The van der Waals surface area contributed by atoms with E-state index in [0.717, 1.165) is 5.56 Å². The number of benzene rings is 2. The quantitative estimate of drug-likeness (QED) is 0.882. The van der Waals surface area contributed by atoms with Crippen LogP contribution >= 0.6 is 0 Å². The zero-order valence-electron chi connectivity index (χ0n) is 13.8. The molecule has 0 atom stereocenters. The van der Waals surface area contributed by atoms with Gasteiger partial charge < -0.3 is 19.5 Å². The van der Waals surface area contributed by atoms with E-state index >= 15 is 0 Å². The van der Waals surface area contributed by atoms with Gasteiger partial charge in [0.15, 0.2) is 11.5 Å². The van der Waals surface area contributed by atoms with Gasteiger partial charge in [0.2, 0.25) is 0 Å². The molecule has 124 valence electrons. The van der Waals surface area contributed by atoms with Crippen LogP contribution in [0.1, 0.15) is 15.9 Å². The van der Waals surface area contributed by atoms with Crippen LogP contribution in [0.3, 0.4) is 0 Å². The molecule has 2 aromatic rings. The Morgan fingerprint density at radius 1 is 1.00 bits per heavy atom. The van der Waals surface area contributed by atoms with Crippen molar-refractivity contribution in [3.05, 3.63) is 47.5 Å². The van der Waals surface area contributed by atoms with E-state index in [9.17, 15) is 4.79 Å². The van der Waals surface area contributed by atoms with Gasteiger partial charge in [-0.3, -0.25) is 4.79 Å². The molecule has 0 bridgehead atoms. The number of carbonyl (C=O) groups is 1. The maximum absolute atomic E-state index is 12.5. The first-order valence-corrected chi connectivity index (χ1v) is 7.20. The van der Waals surface area contributed by atoms with E-state index in [4.69, 9.17) is 19.5 Å². The Kier molecular flexibility index (Phi) is 5.63. The number of hydrogen-bond acceptors (Lipinski definition) is 5. The van der Waals surface area contributed by atoms with Crippen molar-refractivity contribution < 1.29 is 19.0 Å². The minimum Gasteiger partial charge on any atom is -0.496 e. The van der Waals surface area contributed by atoms with Crippen molar-refractivity contribution in [2.24, 2.45) is 0 Å². The van der Waals surface area contributed by atoms with Gasteiger partial charge >= 0.3 is 0 Å². The van der Waals surface area contributed by atoms with Crippen molar-refractivity contribution >= 4 is 11.6 Å². The van der Waals surface area contributed by atoms with Crippen LogP contribution in [0.15, 0.2) is 36.4 Å². The first-order valence-electron chi connectivity index (χ1n) is 7.20. The van der Waals surface area contributed by atoms with Gasteiger partial charge in [0.25, 0.3) is 5.91 Å². The molecular formula is C18H18N2O4. The second kappa shape index (κ2) is 7.88. The highest BCUT2D eigenvalue weighted by molar-refractivity contribution is 6.06. The molecular weight excluding hydrogens is 308 g/mol. The van der Waals surface area contributed by atoms with Crippen LogP contribution in [0, 0.1) is 11.3 Å². The summed E-state index contributed by atoms with van der Waals surface area (Å²) < 4.78 is 15.7. The summed E-state index contributed by atoms with van der Waals surface area (Å²) in [6.07, 6.45) is 0.331. The van der Waals surface area contributed by atoms with Crippen LogP contribution in [0.5, 0.6) is 17.2 Å². The Morgan fingerprint density at radius 2 is 1.58 bits per heavy atom. The van der Waals surface area contributed by atoms with E-state index in [1.165, 1.54) is 21.3 Å². The van der Waals surface area contributed by atoms with Crippen LogP contribution in [0.2, 0.25) is 0 Å². The Labute approximate surface area is 140 Å². The van der Waals surface area contributed by atoms with Gasteiger partial charge in [-0.2, -0.15) is 5.26 Å². The van der Waals surface area contributed by atoms with Gasteiger partial charge in [-0.05, 0) is 17.7 Å². The number of carbonyl (C=O) groups excluding carboxylic acids is 1. The molecule has 0 aliphatic rings. The highest BCUT2D eigenvalue weighted by atomic mass is 16.5. The lowest BCUT2D eigenvalue weighted by molar-refractivity contribution is 0.102. The number of hydrogen-bond donors (Lipinski definition) is 1. The Bertz CT molecular complexity index is 764. The number of ether oxygens (including phenoxy) is 3. The first-order chi connectivity index (χ1) is 11.6. The predicted molar refractivity (Wildman–Crippen MR) is 89.8 cm³/mol. The third kappa shape index (κ3) is 3.76. The molecule has 0 aliphatic heterocycles. The monoisotopic (exact) mass is 326 g/mol. The third-order valence-electron chi connectivity index (χ3n) is 3.45. The molecule has 0 spiro atoms. The van der Waals surface area contributed by atoms with Crippen LogP contribution in [-0.2, 0) is 6.42 Å². The maximum atomic E-state index is 12.5. The molecule has 0 saturated heterocycles. The van der Waals surface area contributed by atoms with E-state index in [2.05, 4.69) is 11.4 Å². The minimum atomic E-state index is -0.333. The molecule has 1 amide bonds. The fourth-order valence-corrected chi connectivity index (χ4v) is 2.20. The van der Waals surface area contributed by atoms with Gasteiger partial charge in [-0.25, -0.2) is 0 Å². The molecule has 6 nitrogen and oxygen atoms in total. The largest absolute Gasteiger partial charge is 0.496 e. The van der Waals surface area contributed by atoms with Crippen molar-refractivity contribution in [1.29, 1.82) is 5.26 Å². The molecule has 0 fully saturated rings. The topological polar surface area (TPSA) is 80.6 Å².